The fourth-order valence-electron chi connectivity index (χ4n) is 4.08. The van der Waals surface area contributed by atoms with E-state index in [1.54, 1.807) is 6.33 Å². The number of aromatic nitrogens is 4. The highest BCUT2D eigenvalue weighted by atomic mass is 19.4. The van der Waals surface area contributed by atoms with Gasteiger partial charge in [-0.15, -0.1) is 18.3 Å². The van der Waals surface area contributed by atoms with Gasteiger partial charge in [0.15, 0.2) is 5.82 Å². The Kier molecular flexibility index (Phi) is 6.27. The number of hydrogen-bond acceptors (Lipinski definition) is 3. The minimum atomic E-state index is -4.72. The SMILES string of the molecule is FC(F)(F)Oc1ccc(-n2cnc(-c3cccc(CCCCn4cc5ccccc5c4)c3)n2)cc1. The second-order valence-corrected chi connectivity index (χ2v) is 8.34. The largest absolute Gasteiger partial charge is 0.573 e. The molecule has 0 saturated carbocycles. The quantitative estimate of drug-likeness (QED) is 0.231. The molecule has 5 nitrogen and oxygen atoms in total. The summed E-state index contributed by atoms with van der Waals surface area (Å²) in [5.41, 5.74) is 2.70. The van der Waals surface area contributed by atoms with Gasteiger partial charge in [0.25, 0.3) is 0 Å². The lowest BCUT2D eigenvalue weighted by molar-refractivity contribution is -0.274. The number of benzene rings is 3. The van der Waals surface area contributed by atoms with Crippen molar-refractivity contribution in [3.05, 3.63) is 97.1 Å². The fourth-order valence-corrected chi connectivity index (χ4v) is 4.08. The lowest BCUT2D eigenvalue weighted by Gasteiger charge is -2.09. The van der Waals surface area contributed by atoms with Gasteiger partial charge < -0.3 is 9.30 Å². The molecule has 3 aromatic carbocycles. The molecule has 0 aliphatic carbocycles. The van der Waals surface area contributed by atoms with E-state index in [-0.39, 0.29) is 5.75 Å². The molecular formula is C27H23F3N4O. The summed E-state index contributed by atoms with van der Waals surface area (Å²) in [7, 11) is 0. The molecule has 0 saturated heterocycles. The summed E-state index contributed by atoms with van der Waals surface area (Å²) >= 11 is 0. The average molecular weight is 477 g/mol. The van der Waals surface area contributed by atoms with Gasteiger partial charge in [-0.2, -0.15) is 0 Å². The van der Waals surface area contributed by atoms with Crippen molar-refractivity contribution in [2.24, 2.45) is 0 Å². The third-order valence-corrected chi connectivity index (χ3v) is 5.75. The van der Waals surface area contributed by atoms with Crippen molar-refractivity contribution in [1.82, 2.24) is 19.3 Å². The van der Waals surface area contributed by atoms with Crippen molar-refractivity contribution < 1.29 is 17.9 Å². The van der Waals surface area contributed by atoms with E-state index >= 15 is 0 Å². The molecule has 0 bridgehead atoms. The van der Waals surface area contributed by atoms with E-state index < -0.39 is 6.36 Å². The molecule has 35 heavy (non-hydrogen) atoms. The molecule has 0 radical (unpaired) electrons. The number of alkyl halides is 3. The van der Waals surface area contributed by atoms with E-state index in [0.717, 1.165) is 31.4 Å². The van der Waals surface area contributed by atoms with Crippen molar-refractivity contribution in [3.63, 3.8) is 0 Å². The summed E-state index contributed by atoms with van der Waals surface area (Å²) < 4.78 is 44.8. The van der Waals surface area contributed by atoms with Gasteiger partial charge >= 0.3 is 6.36 Å². The van der Waals surface area contributed by atoms with Crippen molar-refractivity contribution in [2.45, 2.75) is 32.2 Å². The second-order valence-electron chi connectivity index (χ2n) is 8.34. The Morgan fingerprint density at radius 1 is 0.829 bits per heavy atom. The molecule has 2 heterocycles. The standard InChI is InChI=1S/C27H23F3N4O/c28-27(29,30)35-25-13-11-24(12-14-25)34-19-31-26(32-34)21-10-5-7-20(16-21)6-3-4-15-33-17-22-8-1-2-9-23(22)18-33/h1-2,5,7-14,16-19H,3-4,6,15H2. The van der Waals surface area contributed by atoms with Gasteiger partial charge in [-0.05, 0) is 65.9 Å². The Morgan fingerprint density at radius 3 is 2.29 bits per heavy atom. The third kappa shape index (κ3) is 5.71. The van der Waals surface area contributed by atoms with Crippen molar-refractivity contribution in [1.29, 1.82) is 0 Å². The molecule has 0 spiro atoms. The number of unbranched alkanes of at least 4 members (excludes halogenated alkanes) is 1. The molecule has 5 aromatic rings. The lowest BCUT2D eigenvalue weighted by Crippen LogP contribution is -2.17. The van der Waals surface area contributed by atoms with Gasteiger partial charge in [-0.1, -0.05) is 42.5 Å². The topological polar surface area (TPSA) is 44.9 Å². The van der Waals surface area contributed by atoms with E-state index in [0.29, 0.717) is 11.5 Å². The van der Waals surface area contributed by atoms with Crippen LogP contribution < -0.4 is 4.74 Å². The molecule has 0 atom stereocenters. The molecular weight excluding hydrogens is 453 g/mol. The van der Waals surface area contributed by atoms with Crippen LogP contribution in [0.3, 0.4) is 0 Å². The number of hydrogen-bond donors (Lipinski definition) is 0. The summed E-state index contributed by atoms with van der Waals surface area (Å²) in [5, 5.41) is 7.02. The van der Waals surface area contributed by atoms with Gasteiger partial charge in [-0.3, -0.25) is 0 Å². The Balaban J connectivity index is 1.19. The first-order valence-corrected chi connectivity index (χ1v) is 11.3. The van der Waals surface area contributed by atoms with Crippen LogP contribution in [-0.4, -0.2) is 25.7 Å². The van der Waals surface area contributed by atoms with E-state index in [9.17, 15) is 13.2 Å². The number of halogens is 3. The maximum Gasteiger partial charge on any atom is 0.573 e. The van der Waals surface area contributed by atoms with Crippen molar-refractivity contribution >= 4 is 10.8 Å². The van der Waals surface area contributed by atoms with Crippen LogP contribution in [0.1, 0.15) is 18.4 Å². The van der Waals surface area contributed by atoms with Gasteiger partial charge in [0.05, 0.1) is 5.69 Å². The summed E-state index contributed by atoms with van der Waals surface area (Å²) in [5.74, 6) is 0.279. The summed E-state index contributed by atoms with van der Waals surface area (Å²) in [6.07, 6.45) is 4.30. The maximum absolute atomic E-state index is 12.4. The molecule has 0 aliphatic heterocycles. The normalized spacial score (nSPS) is 11.7. The first-order valence-electron chi connectivity index (χ1n) is 11.3. The third-order valence-electron chi connectivity index (χ3n) is 5.75. The first-order chi connectivity index (χ1) is 16.9. The van der Waals surface area contributed by atoms with Gasteiger partial charge in [-0.25, -0.2) is 9.67 Å². The Bertz CT molecular complexity index is 1390. The monoisotopic (exact) mass is 476 g/mol. The predicted octanol–water partition coefficient (Wildman–Crippen LogP) is 6.81. The van der Waals surface area contributed by atoms with Crippen LogP contribution in [0.5, 0.6) is 5.75 Å². The Labute approximate surface area is 200 Å². The van der Waals surface area contributed by atoms with Gasteiger partial charge in [0.1, 0.15) is 12.1 Å². The van der Waals surface area contributed by atoms with Crippen LogP contribution in [0, 0.1) is 0 Å². The number of nitrogens with zero attached hydrogens (tertiary/aromatic N) is 4. The van der Waals surface area contributed by atoms with Crippen LogP contribution in [-0.2, 0) is 13.0 Å². The highest BCUT2D eigenvalue weighted by Crippen LogP contribution is 2.24. The van der Waals surface area contributed by atoms with E-state index in [1.807, 2.05) is 12.1 Å². The molecule has 0 fully saturated rings. The predicted molar refractivity (Wildman–Crippen MR) is 128 cm³/mol. The lowest BCUT2D eigenvalue weighted by atomic mass is 10.0. The molecule has 0 amide bonds. The van der Waals surface area contributed by atoms with Crippen LogP contribution in [0.4, 0.5) is 13.2 Å². The second kappa shape index (κ2) is 9.66. The zero-order valence-corrected chi connectivity index (χ0v) is 18.8. The van der Waals surface area contributed by atoms with Crippen LogP contribution in [0.15, 0.2) is 91.5 Å². The molecule has 178 valence electrons. The number of aryl methyl sites for hydroxylation is 2. The zero-order valence-electron chi connectivity index (χ0n) is 18.8. The number of fused-ring (bicyclic) bond motifs is 1. The van der Waals surface area contributed by atoms with Crippen LogP contribution in [0.2, 0.25) is 0 Å². The Hall–Kier alpha value is -4.07. The van der Waals surface area contributed by atoms with Crippen molar-refractivity contribution in [2.75, 3.05) is 0 Å². The zero-order chi connectivity index (χ0) is 24.3. The van der Waals surface area contributed by atoms with E-state index in [4.69, 9.17) is 0 Å². The molecule has 0 aliphatic rings. The van der Waals surface area contributed by atoms with Crippen molar-refractivity contribution in [3.8, 4) is 22.8 Å². The molecule has 2 aromatic heterocycles. The fraction of sp³-hybridized carbons (Fsp3) is 0.185. The summed E-state index contributed by atoms with van der Waals surface area (Å²) in [6, 6.07) is 22.0. The highest BCUT2D eigenvalue weighted by Gasteiger charge is 2.31. The molecule has 5 rings (SSSR count). The minimum absolute atomic E-state index is 0.278. The maximum atomic E-state index is 12.4. The van der Waals surface area contributed by atoms with Gasteiger partial charge in [0, 0.05) is 24.5 Å². The number of rotatable bonds is 8. The minimum Gasteiger partial charge on any atom is -0.406 e. The van der Waals surface area contributed by atoms with E-state index in [2.05, 4.69) is 68.2 Å². The molecule has 0 N–H and O–H groups in total. The van der Waals surface area contributed by atoms with Crippen LogP contribution >= 0.6 is 0 Å². The smallest absolute Gasteiger partial charge is 0.406 e. The van der Waals surface area contributed by atoms with Gasteiger partial charge in [0.2, 0.25) is 0 Å². The average Bonchev–Trinajstić information content (AvgIpc) is 3.49. The first kappa shape index (κ1) is 22.7. The molecule has 8 heteroatoms. The highest BCUT2D eigenvalue weighted by molar-refractivity contribution is 5.82. The number of ether oxygens (including phenoxy) is 1. The summed E-state index contributed by atoms with van der Waals surface area (Å²) in [4.78, 5) is 4.38. The van der Waals surface area contributed by atoms with E-state index in [1.165, 1.54) is 45.3 Å². The molecule has 0 unspecified atom stereocenters. The van der Waals surface area contributed by atoms with Crippen LogP contribution in [0.25, 0.3) is 27.8 Å². The Morgan fingerprint density at radius 2 is 1.57 bits per heavy atom. The summed E-state index contributed by atoms with van der Waals surface area (Å²) in [6.45, 7) is 0.979.